The number of benzene rings is 1. The van der Waals surface area contributed by atoms with Crippen molar-refractivity contribution >= 4 is 11.6 Å². The molecule has 0 aliphatic carbocycles. The van der Waals surface area contributed by atoms with Crippen LogP contribution in [0.25, 0.3) is 0 Å². The fraction of sp³-hybridized carbons (Fsp3) is 0.625. The Morgan fingerprint density at radius 3 is 2.85 bits per heavy atom. The van der Waals surface area contributed by atoms with Crippen molar-refractivity contribution in [3.63, 3.8) is 0 Å². The minimum Gasteiger partial charge on any atom is -0.311 e. The summed E-state index contributed by atoms with van der Waals surface area (Å²) < 4.78 is 13.6. The van der Waals surface area contributed by atoms with Gasteiger partial charge in [0.2, 0.25) is 0 Å². The van der Waals surface area contributed by atoms with Gasteiger partial charge in [-0.1, -0.05) is 44.5 Å². The number of rotatable bonds is 4. The first-order valence-electron chi connectivity index (χ1n) is 7.43. The van der Waals surface area contributed by atoms with Crippen molar-refractivity contribution in [1.82, 2.24) is 10.2 Å². The van der Waals surface area contributed by atoms with Gasteiger partial charge >= 0.3 is 0 Å². The summed E-state index contributed by atoms with van der Waals surface area (Å²) in [6.07, 6.45) is 1.09. The molecule has 0 aromatic heterocycles. The maximum atomic E-state index is 13.6. The zero-order valence-corrected chi connectivity index (χ0v) is 13.3. The van der Waals surface area contributed by atoms with Crippen molar-refractivity contribution in [3.8, 4) is 0 Å². The van der Waals surface area contributed by atoms with E-state index in [0.717, 1.165) is 31.6 Å². The van der Waals surface area contributed by atoms with Crippen molar-refractivity contribution in [1.29, 1.82) is 0 Å². The Hall–Kier alpha value is -0.640. The van der Waals surface area contributed by atoms with Crippen LogP contribution in [-0.2, 0) is 6.54 Å². The Kier molecular flexibility index (Phi) is 5.42. The van der Waals surface area contributed by atoms with Gasteiger partial charge in [-0.05, 0) is 24.0 Å². The lowest BCUT2D eigenvalue weighted by Crippen LogP contribution is -2.57. The van der Waals surface area contributed by atoms with Gasteiger partial charge in [-0.3, -0.25) is 4.90 Å². The zero-order chi connectivity index (χ0) is 14.7. The molecule has 2 atom stereocenters. The smallest absolute Gasteiger partial charge is 0.142 e. The molecule has 0 amide bonds. The zero-order valence-electron chi connectivity index (χ0n) is 12.5. The quantitative estimate of drug-likeness (QED) is 0.912. The Labute approximate surface area is 126 Å². The second-order valence-electron chi connectivity index (χ2n) is 5.96. The molecule has 1 aromatic rings. The molecule has 1 aromatic carbocycles. The number of piperazine rings is 1. The van der Waals surface area contributed by atoms with Crippen molar-refractivity contribution < 1.29 is 4.39 Å². The summed E-state index contributed by atoms with van der Waals surface area (Å²) in [4.78, 5) is 2.43. The van der Waals surface area contributed by atoms with Gasteiger partial charge in [-0.15, -0.1) is 0 Å². The topological polar surface area (TPSA) is 15.3 Å². The molecular weight excluding hydrogens is 275 g/mol. The van der Waals surface area contributed by atoms with E-state index in [9.17, 15) is 4.39 Å². The average Bonchev–Trinajstić information content (AvgIpc) is 2.43. The Morgan fingerprint density at radius 2 is 2.20 bits per heavy atom. The van der Waals surface area contributed by atoms with Crippen LogP contribution in [0.3, 0.4) is 0 Å². The molecule has 0 saturated carbocycles. The molecule has 1 heterocycles. The number of nitrogens with zero attached hydrogens (tertiary/aromatic N) is 1. The summed E-state index contributed by atoms with van der Waals surface area (Å²) >= 11 is 6.08. The first-order valence-corrected chi connectivity index (χ1v) is 7.81. The summed E-state index contributed by atoms with van der Waals surface area (Å²) in [7, 11) is 0. The lowest BCUT2D eigenvalue weighted by atomic mass is 9.98. The fourth-order valence-electron chi connectivity index (χ4n) is 2.81. The molecule has 4 heteroatoms. The van der Waals surface area contributed by atoms with Crippen LogP contribution in [0.5, 0.6) is 0 Å². The molecule has 1 fully saturated rings. The molecule has 1 aliphatic rings. The standard InChI is InChI=1S/C16H24ClFN2/c1-4-13-8-19-15(11(2)3)10-20(13)9-12-6-5-7-14(18)16(12)17/h5-7,11,13,15,19H,4,8-10H2,1-3H3. The molecule has 2 nitrogen and oxygen atoms in total. The lowest BCUT2D eigenvalue weighted by Gasteiger charge is -2.41. The van der Waals surface area contributed by atoms with Gasteiger partial charge in [0.05, 0.1) is 5.02 Å². The predicted octanol–water partition coefficient (Wildman–Crippen LogP) is 3.69. The third-order valence-electron chi connectivity index (χ3n) is 4.24. The predicted molar refractivity (Wildman–Crippen MR) is 82.5 cm³/mol. The molecule has 0 bridgehead atoms. The van der Waals surface area contributed by atoms with E-state index in [1.807, 2.05) is 6.07 Å². The molecule has 1 saturated heterocycles. The highest BCUT2D eigenvalue weighted by molar-refractivity contribution is 6.31. The van der Waals surface area contributed by atoms with Crippen LogP contribution < -0.4 is 5.32 Å². The highest BCUT2D eigenvalue weighted by Gasteiger charge is 2.28. The first kappa shape index (κ1) is 15.7. The fourth-order valence-corrected chi connectivity index (χ4v) is 3.00. The number of halogens is 2. The van der Waals surface area contributed by atoms with Gasteiger partial charge in [-0.25, -0.2) is 4.39 Å². The number of hydrogen-bond donors (Lipinski definition) is 1. The molecule has 2 unspecified atom stereocenters. The van der Waals surface area contributed by atoms with Crippen LogP contribution in [0.2, 0.25) is 5.02 Å². The monoisotopic (exact) mass is 298 g/mol. The van der Waals surface area contributed by atoms with E-state index in [2.05, 4.69) is 31.0 Å². The Morgan fingerprint density at radius 1 is 1.45 bits per heavy atom. The van der Waals surface area contributed by atoms with Gasteiger partial charge in [0.25, 0.3) is 0 Å². The first-order chi connectivity index (χ1) is 9.52. The number of hydrogen-bond acceptors (Lipinski definition) is 2. The normalized spacial score (nSPS) is 24.3. The second kappa shape index (κ2) is 6.88. The van der Waals surface area contributed by atoms with Crippen LogP contribution in [0.4, 0.5) is 4.39 Å². The maximum Gasteiger partial charge on any atom is 0.142 e. The van der Waals surface area contributed by atoms with E-state index >= 15 is 0 Å². The van der Waals surface area contributed by atoms with E-state index in [1.54, 1.807) is 6.07 Å². The molecule has 0 spiro atoms. The summed E-state index contributed by atoms with van der Waals surface area (Å²) in [6, 6.07) is 6.05. The van der Waals surface area contributed by atoms with Crippen molar-refractivity contribution in [2.45, 2.75) is 45.8 Å². The van der Waals surface area contributed by atoms with Crippen molar-refractivity contribution in [2.75, 3.05) is 13.1 Å². The van der Waals surface area contributed by atoms with E-state index < -0.39 is 0 Å². The molecule has 20 heavy (non-hydrogen) atoms. The van der Waals surface area contributed by atoms with Gasteiger partial charge in [0.1, 0.15) is 5.82 Å². The summed E-state index contributed by atoms with van der Waals surface area (Å²) in [5.74, 6) is 0.269. The van der Waals surface area contributed by atoms with Gasteiger partial charge in [-0.2, -0.15) is 0 Å². The maximum absolute atomic E-state index is 13.6. The minimum atomic E-state index is -0.326. The van der Waals surface area contributed by atoms with Crippen molar-refractivity contribution in [2.24, 2.45) is 5.92 Å². The molecule has 112 valence electrons. The second-order valence-corrected chi connectivity index (χ2v) is 6.34. The van der Waals surface area contributed by atoms with Crippen LogP contribution in [-0.4, -0.2) is 30.1 Å². The molecular formula is C16H24ClFN2. The highest BCUT2D eigenvalue weighted by atomic mass is 35.5. The SMILES string of the molecule is CCC1CNC(C(C)C)CN1Cc1cccc(F)c1Cl. The van der Waals surface area contributed by atoms with Crippen molar-refractivity contribution in [3.05, 3.63) is 34.6 Å². The van der Waals surface area contributed by atoms with E-state index in [-0.39, 0.29) is 10.8 Å². The Balaban J connectivity index is 2.13. The van der Waals surface area contributed by atoms with Crippen LogP contribution >= 0.6 is 11.6 Å². The van der Waals surface area contributed by atoms with Gasteiger partial charge in [0, 0.05) is 31.7 Å². The van der Waals surface area contributed by atoms with Gasteiger partial charge in [0.15, 0.2) is 0 Å². The molecule has 1 N–H and O–H groups in total. The van der Waals surface area contributed by atoms with Crippen LogP contribution in [0, 0.1) is 11.7 Å². The van der Waals surface area contributed by atoms with Crippen LogP contribution in [0.1, 0.15) is 32.8 Å². The summed E-state index contributed by atoms with van der Waals surface area (Å²) in [6.45, 7) is 9.37. The summed E-state index contributed by atoms with van der Waals surface area (Å²) in [5.41, 5.74) is 0.884. The van der Waals surface area contributed by atoms with Gasteiger partial charge < -0.3 is 5.32 Å². The molecule has 2 rings (SSSR count). The lowest BCUT2D eigenvalue weighted by molar-refractivity contribution is 0.103. The number of nitrogens with one attached hydrogen (secondary N) is 1. The van der Waals surface area contributed by atoms with E-state index in [4.69, 9.17) is 11.6 Å². The van der Waals surface area contributed by atoms with Crippen LogP contribution in [0.15, 0.2) is 18.2 Å². The average molecular weight is 299 g/mol. The Bertz CT molecular complexity index is 450. The summed E-state index contributed by atoms with van der Waals surface area (Å²) in [5, 5.41) is 3.88. The van der Waals surface area contributed by atoms with E-state index in [0.29, 0.717) is 18.0 Å². The molecule has 0 radical (unpaired) electrons. The third-order valence-corrected chi connectivity index (χ3v) is 4.67. The largest absolute Gasteiger partial charge is 0.311 e. The molecule has 1 aliphatic heterocycles. The highest BCUT2D eigenvalue weighted by Crippen LogP contribution is 2.24. The third kappa shape index (κ3) is 3.51. The minimum absolute atomic E-state index is 0.266. The van der Waals surface area contributed by atoms with E-state index in [1.165, 1.54) is 6.07 Å².